The van der Waals surface area contributed by atoms with E-state index in [0.717, 1.165) is 5.56 Å². The van der Waals surface area contributed by atoms with E-state index >= 15 is 0 Å². The van der Waals surface area contributed by atoms with Crippen LogP contribution >= 0.6 is 11.6 Å². The highest BCUT2D eigenvalue weighted by Gasteiger charge is 2.11. The van der Waals surface area contributed by atoms with Gasteiger partial charge in [-0.15, -0.1) is 4.79 Å². The molecule has 0 amide bonds. The monoisotopic (exact) mass is 312 g/mol. The van der Waals surface area contributed by atoms with Gasteiger partial charge in [0.05, 0.1) is 19.8 Å². The van der Waals surface area contributed by atoms with Crippen molar-refractivity contribution in [2.24, 2.45) is 0 Å². The van der Waals surface area contributed by atoms with Crippen molar-refractivity contribution in [2.45, 2.75) is 20.4 Å². The lowest BCUT2D eigenvalue weighted by Gasteiger charge is -2.14. The summed E-state index contributed by atoms with van der Waals surface area (Å²) in [7, 11) is 0. The molecule has 0 aliphatic carbocycles. The molecule has 0 bridgehead atoms. The number of hydrogen-bond donors (Lipinski definition) is 2. The van der Waals surface area contributed by atoms with Gasteiger partial charge in [-0.05, 0) is 35.9 Å². The molecular formula is C12H17ClN6O2. The first kappa shape index (κ1) is 15.2. The van der Waals surface area contributed by atoms with Crippen LogP contribution in [-0.2, 0) is 6.54 Å². The number of halogens is 1. The number of anilines is 1. The van der Waals surface area contributed by atoms with Gasteiger partial charge in [-0.1, -0.05) is 16.7 Å². The summed E-state index contributed by atoms with van der Waals surface area (Å²) in [5, 5.41) is 11.3. The third-order valence-electron chi connectivity index (χ3n) is 2.63. The summed E-state index contributed by atoms with van der Waals surface area (Å²) >= 11 is 6.25. The van der Waals surface area contributed by atoms with Gasteiger partial charge in [-0.2, -0.15) is 0 Å². The molecule has 1 heterocycles. The van der Waals surface area contributed by atoms with Crippen molar-refractivity contribution in [2.75, 3.05) is 24.4 Å². The minimum atomic E-state index is 0.169. The lowest BCUT2D eigenvalue weighted by Crippen LogP contribution is -2.18. The van der Waals surface area contributed by atoms with Crippen LogP contribution in [0.5, 0.6) is 11.5 Å². The second-order valence-electron chi connectivity index (χ2n) is 4.04. The molecule has 0 saturated heterocycles. The fourth-order valence-corrected chi connectivity index (χ4v) is 1.94. The Labute approximate surface area is 127 Å². The Bertz CT molecular complexity index is 603. The van der Waals surface area contributed by atoms with Crippen LogP contribution in [0.2, 0.25) is 5.02 Å². The molecule has 0 aliphatic heterocycles. The zero-order chi connectivity index (χ0) is 15.2. The number of nitrogens with one attached hydrogen (secondary N) is 1. The van der Waals surface area contributed by atoms with E-state index in [9.17, 15) is 0 Å². The molecule has 0 fully saturated rings. The highest BCUT2D eigenvalue weighted by atomic mass is 35.5. The number of nitrogen functional groups attached to an aromatic ring is 1. The van der Waals surface area contributed by atoms with E-state index in [2.05, 4.69) is 21.0 Å². The Hall–Kier alpha value is -2.22. The molecule has 9 heteroatoms. The average molecular weight is 313 g/mol. The molecule has 0 radical (unpaired) electrons. The highest BCUT2D eigenvalue weighted by molar-refractivity contribution is 6.31. The quantitative estimate of drug-likeness (QED) is 0.798. The van der Waals surface area contributed by atoms with E-state index in [-0.39, 0.29) is 5.95 Å². The fraction of sp³-hybridized carbons (Fsp3) is 0.417. The zero-order valence-electron chi connectivity index (χ0n) is 11.8. The van der Waals surface area contributed by atoms with Crippen molar-refractivity contribution < 1.29 is 9.47 Å². The maximum absolute atomic E-state index is 6.25. The molecule has 114 valence electrons. The number of hydrogen-bond acceptors (Lipinski definition) is 7. The van der Waals surface area contributed by atoms with E-state index in [1.807, 2.05) is 19.9 Å². The summed E-state index contributed by atoms with van der Waals surface area (Å²) in [6.07, 6.45) is 0. The van der Waals surface area contributed by atoms with Crippen molar-refractivity contribution in [3.8, 4) is 11.5 Å². The minimum Gasteiger partial charge on any atom is -0.490 e. The van der Waals surface area contributed by atoms with Gasteiger partial charge in [-0.25, -0.2) is 0 Å². The third kappa shape index (κ3) is 3.66. The minimum absolute atomic E-state index is 0.169. The van der Waals surface area contributed by atoms with Crippen LogP contribution in [0.1, 0.15) is 19.4 Å². The second-order valence-corrected chi connectivity index (χ2v) is 4.45. The van der Waals surface area contributed by atoms with E-state index in [1.54, 1.807) is 6.07 Å². The van der Waals surface area contributed by atoms with Gasteiger partial charge in [-0.3, -0.25) is 0 Å². The van der Waals surface area contributed by atoms with Gasteiger partial charge in [0.2, 0.25) is 0 Å². The van der Waals surface area contributed by atoms with Gasteiger partial charge in [0.15, 0.2) is 11.5 Å². The van der Waals surface area contributed by atoms with Crippen molar-refractivity contribution in [3.63, 3.8) is 0 Å². The van der Waals surface area contributed by atoms with Gasteiger partial charge < -0.3 is 20.6 Å². The van der Waals surface area contributed by atoms with Crippen LogP contribution in [0.3, 0.4) is 0 Å². The van der Waals surface area contributed by atoms with Crippen molar-refractivity contribution in [1.82, 2.24) is 20.3 Å². The van der Waals surface area contributed by atoms with Crippen LogP contribution in [0.25, 0.3) is 0 Å². The lowest BCUT2D eigenvalue weighted by atomic mass is 10.2. The van der Waals surface area contributed by atoms with Crippen LogP contribution < -0.4 is 20.6 Å². The first-order chi connectivity index (χ1) is 10.2. The number of nitrogens with zero attached hydrogens (tertiary/aromatic N) is 4. The van der Waals surface area contributed by atoms with E-state index in [0.29, 0.717) is 36.3 Å². The number of rotatable bonds is 7. The molecule has 2 rings (SSSR count). The van der Waals surface area contributed by atoms with Gasteiger partial charge in [0.25, 0.3) is 5.95 Å². The molecule has 8 nitrogen and oxygen atoms in total. The van der Waals surface area contributed by atoms with Gasteiger partial charge >= 0.3 is 0 Å². The normalized spacial score (nSPS) is 10.4. The molecule has 0 atom stereocenters. The summed E-state index contributed by atoms with van der Waals surface area (Å²) in [6.45, 7) is 5.27. The summed E-state index contributed by atoms with van der Waals surface area (Å²) in [5.74, 6) is 1.43. The van der Waals surface area contributed by atoms with Crippen LogP contribution in [0, 0.1) is 0 Å². The number of aromatic nitrogens is 4. The largest absolute Gasteiger partial charge is 0.490 e. The lowest BCUT2D eigenvalue weighted by molar-refractivity contribution is 0.287. The Morgan fingerprint density at radius 2 is 1.90 bits per heavy atom. The number of nitrogens with two attached hydrogens (primary N) is 1. The molecule has 1 aromatic heterocycles. The smallest absolute Gasteiger partial charge is 0.260 e. The summed E-state index contributed by atoms with van der Waals surface area (Å²) in [6, 6.07) is 3.56. The molecule has 21 heavy (non-hydrogen) atoms. The van der Waals surface area contributed by atoms with E-state index in [1.165, 1.54) is 4.79 Å². The fourth-order valence-electron chi connectivity index (χ4n) is 1.72. The second kappa shape index (κ2) is 6.98. The topological polar surface area (TPSA) is 100 Å². The maximum Gasteiger partial charge on any atom is 0.260 e. The first-order valence-electron chi connectivity index (χ1n) is 6.51. The van der Waals surface area contributed by atoms with Crippen LogP contribution in [0.15, 0.2) is 12.1 Å². The number of benzene rings is 1. The van der Waals surface area contributed by atoms with Gasteiger partial charge in [0.1, 0.15) is 0 Å². The van der Waals surface area contributed by atoms with Gasteiger partial charge in [0, 0.05) is 11.1 Å². The molecule has 3 N–H and O–H groups in total. The Kier molecular flexibility index (Phi) is 5.04. The Morgan fingerprint density at radius 1 is 1.24 bits per heavy atom. The summed E-state index contributed by atoms with van der Waals surface area (Å²) < 4.78 is 11.1. The zero-order valence-corrected chi connectivity index (χ0v) is 12.6. The maximum atomic E-state index is 6.25. The molecule has 0 aliphatic rings. The van der Waals surface area contributed by atoms with E-state index in [4.69, 9.17) is 26.8 Å². The molecular weight excluding hydrogens is 296 g/mol. The van der Waals surface area contributed by atoms with Crippen molar-refractivity contribution in [1.29, 1.82) is 0 Å². The van der Waals surface area contributed by atoms with E-state index < -0.39 is 0 Å². The molecule has 2 aromatic rings. The third-order valence-corrected chi connectivity index (χ3v) is 2.98. The standard InChI is InChI=1S/C12H17ClN6O2/c1-3-20-10-5-8(9(13)6-11(10)21-4-2)7-15-19-12(14)16-17-18-19/h5-6,15H,3-4,7H2,1-2H3,(H2,14,16,18). The first-order valence-corrected chi connectivity index (χ1v) is 6.89. The Balaban J connectivity index is 2.18. The van der Waals surface area contributed by atoms with Crippen LogP contribution in [-0.4, -0.2) is 33.5 Å². The molecule has 0 saturated carbocycles. The average Bonchev–Trinajstić information content (AvgIpc) is 2.86. The SMILES string of the molecule is CCOc1cc(Cl)c(CNn2nnnc2N)cc1OCC. The van der Waals surface area contributed by atoms with Crippen molar-refractivity contribution in [3.05, 3.63) is 22.7 Å². The molecule has 0 unspecified atom stereocenters. The number of ether oxygens (including phenoxy) is 2. The Morgan fingerprint density at radius 3 is 2.48 bits per heavy atom. The predicted octanol–water partition coefficient (Wildman–Crippen LogP) is 1.45. The predicted molar refractivity (Wildman–Crippen MR) is 79.1 cm³/mol. The summed E-state index contributed by atoms with van der Waals surface area (Å²) in [4.78, 5) is 1.27. The summed E-state index contributed by atoms with van der Waals surface area (Å²) in [5.41, 5.74) is 9.33. The number of tetrazole rings is 1. The van der Waals surface area contributed by atoms with Crippen molar-refractivity contribution >= 4 is 17.5 Å². The molecule has 1 aromatic carbocycles. The van der Waals surface area contributed by atoms with Crippen LogP contribution in [0.4, 0.5) is 5.95 Å². The molecule has 0 spiro atoms. The highest BCUT2D eigenvalue weighted by Crippen LogP contribution is 2.33.